The molecule has 0 radical (unpaired) electrons. The number of ether oxygens (including phenoxy) is 1. The van der Waals surface area contributed by atoms with Crippen LogP contribution in [0.1, 0.15) is 44.1 Å². The van der Waals surface area contributed by atoms with Gasteiger partial charge in [0, 0.05) is 36.8 Å². The maximum Gasteiger partial charge on any atom is 0.224 e. The molecular formula is C22H32FN3O2. The van der Waals surface area contributed by atoms with Crippen LogP contribution in [-0.4, -0.2) is 61.1 Å². The molecule has 28 heavy (non-hydrogen) atoms. The summed E-state index contributed by atoms with van der Waals surface area (Å²) in [5.41, 5.74) is 1.04. The quantitative estimate of drug-likeness (QED) is 0.813. The van der Waals surface area contributed by atoms with Crippen molar-refractivity contribution in [1.29, 1.82) is 0 Å². The largest absolute Gasteiger partial charge is 0.496 e. The van der Waals surface area contributed by atoms with Crippen LogP contribution in [0.15, 0.2) is 18.2 Å². The highest BCUT2D eigenvalue weighted by Gasteiger charge is 2.33. The van der Waals surface area contributed by atoms with Crippen LogP contribution in [-0.2, 0) is 11.3 Å². The van der Waals surface area contributed by atoms with E-state index in [4.69, 9.17) is 4.74 Å². The number of nitrogens with one attached hydrogen (secondary N) is 1. The van der Waals surface area contributed by atoms with Crippen molar-refractivity contribution >= 4 is 5.91 Å². The summed E-state index contributed by atoms with van der Waals surface area (Å²) >= 11 is 0. The summed E-state index contributed by atoms with van der Waals surface area (Å²) in [6, 6.07) is 5.82. The molecule has 1 atom stereocenters. The zero-order valence-corrected chi connectivity index (χ0v) is 16.8. The van der Waals surface area contributed by atoms with Crippen molar-refractivity contribution < 1.29 is 13.9 Å². The monoisotopic (exact) mass is 389 g/mol. The van der Waals surface area contributed by atoms with E-state index in [1.54, 1.807) is 7.11 Å². The molecule has 2 aliphatic heterocycles. The number of amides is 1. The molecular weight excluding hydrogens is 357 g/mol. The van der Waals surface area contributed by atoms with Gasteiger partial charge in [-0.05, 0) is 64.2 Å². The molecule has 4 rings (SSSR count). The molecule has 2 saturated heterocycles. The number of nitrogens with zero attached hydrogens (tertiary/aromatic N) is 2. The third-order valence-electron chi connectivity index (χ3n) is 6.46. The lowest BCUT2D eigenvalue weighted by atomic mass is 9.93. The van der Waals surface area contributed by atoms with Crippen LogP contribution in [0.5, 0.6) is 5.75 Å². The summed E-state index contributed by atoms with van der Waals surface area (Å²) < 4.78 is 18.7. The van der Waals surface area contributed by atoms with Crippen LogP contribution >= 0.6 is 0 Å². The topological polar surface area (TPSA) is 44.8 Å². The molecule has 1 unspecified atom stereocenters. The van der Waals surface area contributed by atoms with Gasteiger partial charge in [0.05, 0.1) is 13.0 Å². The smallest absolute Gasteiger partial charge is 0.224 e. The number of piperidine rings is 2. The standard InChI is InChI=1S/C22H32FN3O2/c1-28-21-13-18(23)5-4-16(21)14-25-11-8-20(9-12-25)26-10-2-3-17(15-26)22(27)24-19-6-7-19/h4-5,13,17,19-20H,2-3,6-12,14-15H2,1H3,(H,24,27). The Morgan fingerprint density at radius 2 is 1.96 bits per heavy atom. The maximum absolute atomic E-state index is 13.4. The maximum atomic E-state index is 13.4. The molecule has 0 bridgehead atoms. The molecule has 0 aromatic heterocycles. The molecule has 3 aliphatic rings. The average molecular weight is 390 g/mol. The lowest BCUT2D eigenvalue weighted by Gasteiger charge is -2.42. The van der Waals surface area contributed by atoms with Crippen molar-refractivity contribution in [2.75, 3.05) is 33.3 Å². The third kappa shape index (κ3) is 4.84. The summed E-state index contributed by atoms with van der Waals surface area (Å²) in [5.74, 6) is 0.802. The summed E-state index contributed by atoms with van der Waals surface area (Å²) in [7, 11) is 1.59. The van der Waals surface area contributed by atoms with Crippen LogP contribution < -0.4 is 10.1 Å². The number of rotatable bonds is 6. The lowest BCUT2D eigenvalue weighted by molar-refractivity contribution is -0.127. The first-order valence-corrected chi connectivity index (χ1v) is 10.7. The van der Waals surface area contributed by atoms with Crippen molar-refractivity contribution in [1.82, 2.24) is 15.1 Å². The Kier molecular flexibility index (Phi) is 6.16. The first kappa shape index (κ1) is 19.6. The summed E-state index contributed by atoms with van der Waals surface area (Å²) in [6.45, 7) is 4.88. The second-order valence-corrected chi connectivity index (χ2v) is 8.58. The Bertz CT molecular complexity index is 686. The van der Waals surface area contributed by atoms with Gasteiger partial charge in [0.2, 0.25) is 5.91 Å². The number of carbonyl (C=O) groups is 1. The molecule has 1 amide bonds. The Labute approximate surface area is 167 Å². The van der Waals surface area contributed by atoms with Crippen LogP contribution in [0.3, 0.4) is 0 Å². The normalized spacial score (nSPS) is 24.9. The highest BCUT2D eigenvalue weighted by molar-refractivity contribution is 5.79. The van der Waals surface area contributed by atoms with Gasteiger partial charge in [0.25, 0.3) is 0 Å². The highest BCUT2D eigenvalue weighted by Crippen LogP contribution is 2.27. The minimum atomic E-state index is -0.260. The van der Waals surface area contributed by atoms with Gasteiger partial charge in [-0.15, -0.1) is 0 Å². The van der Waals surface area contributed by atoms with Gasteiger partial charge in [-0.25, -0.2) is 4.39 Å². The van der Waals surface area contributed by atoms with Crippen molar-refractivity contribution in [3.63, 3.8) is 0 Å². The van der Waals surface area contributed by atoms with Gasteiger partial charge in [0.1, 0.15) is 11.6 Å². The van der Waals surface area contributed by atoms with E-state index in [0.717, 1.165) is 76.8 Å². The van der Waals surface area contributed by atoms with Gasteiger partial charge in [-0.1, -0.05) is 6.07 Å². The Morgan fingerprint density at radius 3 is 2.68 bits per heavy atom. The van der Waals surface area contributed by atoms with Crippen LogP contribution in [0.4, 0.5) is 4.39 Å². The zero-order valence-electron chi connectivity index (χ0n) is 16.8. The van der Waals surface area contributed by atoms with Gasteiger partial charge < -0.3 is 10.1 Å². The van der Waals surface area contributed by atoms with E-state index in [9.17, 15) is 9.18 Å². The number of likely N-dealkylation sites (tertiary alicyclic amines) is 2. The van der Waals surface area contributed by atoms with Crippen molar-refractivity contribution in [2.45, 2.75) is 57.2 Å². The van der Waals surface area contributed by atoms with E-state index in [2.05, 4.69) is 15.1 Å². The Hall–Kier alpha value is -1.66. The number of benzene rings is 1. The van der Waals surface area contributed by atoms with Gasteiger partial charge >= 0.3 is 0 Å². The predicted molar refractivity (Wildman–Crippen MR) is 107 cm³/mol. The number of hydrogen-bond donors (Lipinski definition) is 1. The second-order valence-electron chi connectivity index (χ2n) is 8.58. The molecule has 0 spiro atoms. The van der Waals surface area contributed by atoms with E-state index in [1.807, 2.05) is 6.07 Å². The van der Waals surface area contributed by atoms with Gasteiger partial charge in [-0.3, -0.25) is 14.6 Å². The molecule has 6 heteroatoms. The van der Waals surface area contributed by atoms with Crippen molar-refractivity contribution in [3.8, 4) is 5.75 Å². The van der Waals surface area contributed by atoms with Crippen LogP contribution in [0.2, 0.25) is 0 Å². The number of methoxy groups -OCH3 is 1. The van der Waals surface area contributed by atoms with Crippen LogP contribution in [0, 0.1) is 11.7 Å². The zero-order chi connectivity index (χ0) is 19.5. The van der Waals surface area contributed by atoms with Crippen LogP contribution in [0.25, 0.3) is 0 Å². The van der Waals surface area contributed by atoms with Crippen molar-refractivity contribution in [3.05, 3.63) is 29.6 Å². The Morgan fingerprint density at radius 1 is 1.18 bits per heavy atom. The minimum absolute atomic E-state index is 0.163. The first-order valence-electron chi connectivity index (χ1n) is 10.7. The summed E-state index contributed by atoms with van der Waals surface area (Å²) in [4.78, 5) is 17.4. The molecule has 1 N–H and O–H groups in total. The molecule has 154 valence electrons. The fourth-order valence-corrected chi connectivity index (χ4v) is 4.63. The van der Waals surface area contributed by atoms with E-state index in [0.29, 0.717) is 17.8 Å². The Balaban J connectivity index is 1.27. The van der Waals surface area contributed by atoms with E-state index in [-0.39, 0.29) is 17.6 Å². The lowest BCUT2D eigenvalue weighted by Crippen LogP contribution is -2.50. The molecule has 3 fully saturated rings. The average Bonchev–Trinajstić information content (AvgIpc) is 3.54. The molecule has 1 aromatic carbocycles. The molecule has 5 nitrogen and oxygen atoms in total. The fourth-order valence-electron chi connectivity index (χ4n) is 4.63. The number of halogens is 1. The molecule has 1 aromatic rings. The van der Waals surface area contributed by atoms with Gasteiger partial charge in [-0.2, -0.15) is 0 Å². The highest BCUT2D eigenvalue weighted by atomic mass is 19.1. The summed E-state index contributed by atoms with van der Waals surface area (Å²) in [5, 5.41) is 3.18. The molecule has 2 heterocycles. The second kappa shape index (κ2) is 8.78. The SMILES string of the molecule is COc1cc(F)ccc1CN1CCC(N2CCCC(C(=O)NC3CC3)C2)CC1. The van der Waals surface area contributed by atoms with Crippen molar-refractivity contribution in [2.24, 2.45) is 5.92 Å². The fraction of sp³-hybridized carbons (Fsp3) is 0.682. The molecule has 1 aliphatic carbocycles. The van der Waals surface area contributed by atoms with Gasteiger partial charge in [0.15, 0.2) is 0 Å². The third-order valence-corrected chi connectivity index (χ3v) is 6.46. The molecule has 1 saturated carbocycles. The van der Waals surface area contributed by atoms with E-state index < -0.39 is 0 Å². The first-order chi connectivity index (χ1) is 13.6. The van der Waals surface area contributed by atoms with E-state index in [1.165, 1.54) is 12.1 Å². The number of hydrogen-bond acceptors (Lipinski definition) is 4. The summed E-state index contributed by atoms with van der Waals surface area (Å²) in [6.07, 6.45) is 6.70. The predicted octanol–water partition coefficient (Wildman–Crippen LogP) is 2.79. The minimum Gasteiger partial charge on any atom is -0.496 e. The van der Waals surface area contributed by atoms with E-state index >= 15 is 0 Å². The number of carbonyl (C=O) groups excluding carboxylic acids is 1.